The highest BCUT2D eigenvalue weighted by molar-refractivity contribution is 7.99. The summed E-state index contributed by atoms with van der Waals surface area (Å²) in [7, 11) is -2.96. The van der Waals surface area contributed by atoms with Gasteiger partial charge < -0.3 is 4.57 Å². The number of sulfone groups is 1. The van der Waals surface area contributed by atoms with E-state index in [-0.39, 0.29) is 23.3 Å². The number of aryl methyl sites for hydroxylation is 2. The second-order valence-electron chi connectivity index (χ2n) is 6.60. The summed E-state index contributed by atoms with van der Waals surface area (Å²) in [6.45, 7) is 5.81. The number of Topliss-reactive ketones (excluding diaryl/α,β-unsaturated/α-hetero) is 1. The number of rotatable bonds is 5. The minimum atomic E-state index is -2.96. The van der Waals surface area contributed by atoms with Crippen LogP contribution in [-0.2, 0) is 9.84 Å². The summed E-state index contributed by atoms with van der Waals surface area (Å²) in [5, 5.41) is 0.828. The molecule has 0 saturated carbocycles. The molecule has 0 spiro atoms. The van der Waals surface area contributed by atoms with Gasteiger partial charge in [0.15, 0.2) is 15.6 Å². The van der Waals surface area contributed by atoms with Crippen LogP contribution in [0.4, 0.5) is 0 Å². The summed E-state index contributed by atoms with van der Waals surface area (Å²) in [5.74, 6) is 0.766. The van der Waals surface area contributed by atoms with E-state index in [1.54, 1.807) is 6.20 Å². The number of carbonyl (C=O) groups is 1. The van der Waals surface area contributed by atoms with E-state index < -0.39 is 9.84 Å². The monoisotopic (exact) mass is 378 g/mol. The highest BCUT2D eigenvalue weighted by atomic mass is 32.2. The van der Waals surface area contributed by atoms with Gasteiger partial charge in [0.1, 0.15) is 0 Å². The normalized spacial score (nSPS) is 19.2. The lowest BCUT2D eigenvalue weighted by Crippen LogP contribution is -2.14. The van der Waals surface area contributed by atoms with Gasteiger partial charge in [-0.25, -0.2) is 13.4 Å². The predicted octanol–water partition coefficient (Wildman–Crippen LogP) is 3.14. The molecule has 3 heterocycles. The smallest absolute Gasteiger partial charge is 0.174 e. The van der Waals surface area contributed by atoms with Crippen molar-refractivity contribution in [3.8, 4) is 0 Å². The fourth-order valence-corrected chi connectivity index (χ4v) is 5.78. The molecule has 7 heteroatoms. The van der Waals surface area contributed by atoms with E-state index in [1.807, 2.05) is 43.5 Å². The van der Waals surface area contributed by atoms with Crippen LogP contribution in [0.3, 0.4) is 0 Å². The van der Waals surface area contributed by atoms with E-state index in [0.717, 1.165) is 22.0 Å². The van der Waals surface area contributed by atoms with Crippen LogP contribution in [0.25, 0.3) is 0 Å². The molecule has 1 aliphatic heterocycles. The summed E-state index contributed by atoms with van der Waals surface area (Å²) in [6, 6.07) is 5.72. The Labute approximate surface area is 152 Å². The Bertz CT molecular complexity index is 899. The fraction of sp³-hybridized carbons (Fsp3) is 0.444. The first kappa shape index (κ1) is 18.2. The van der Waals surface area contributed by atoms with Crippen molar-refractivity contribution >= 4 is 27.4 Å². The minimum absolute atomic E-state index is 0.0487. The molecule has 2 aromatic rings. The van der Waals surface area contributed by atoms with Gasteiger partial charge >= 0.3 is 0 Å². The third-order valence-electron chi connectivity index (χ3n) is 4.59. The Balaban J connectivity index is 1.75. The second kappa shape index (κ2) is 6.96. The molecule has 5 nitrogen and oxygen atoms in total. The zero-order valence-electron chi connectivity index (χ0n) is 14.7. The van der Waals surface area contributed by atoms with Crippen LogP contribution < -0.4 is 0 Å². The number of hydrogen-bond donors (Lipinski definition) is 0. The molecule has 3 rings (SSSR count). The van der Waals surface area contributed by atoms with Crippen molar-refractivity contribution in [1.29, 1.82) is 0 Å². The van der Waals surface area contributed by atoms with Crippen molar-refractivity contribution in [1.82, 2.24) is 9.55 Å². The van der Waals surface area contributed by atoms with Crippen molar-refractivity contribution < 1.29 is 13.2 Å². The largest absolute Gasteiger partial charge is 0.344 e. The van der Waals surface area contributed by atoms with Gasteiger partial charge in [-0.2, -0.15) is 0 Å². The van der Waals surface area contributed by atoms with E-state index in [0.29, 0.717) is 17.7 Å². The van der Waals surface area contributed by atoms with Crippen LogP contribution in [0, 0.1) is 20.8 Å². The first-order valence-electron chi connectivity index (χ1n) is 8.24. The van der Waals surface area contributed by atoms with Crippen LogP contribution >= 0.6 is 11.8 Å². The molecule has 0 N–H and O–H groups in total. The molecule has 2 aromatic heterocycles. The maximum absolute atomic E-state index is 12.6. The molecule has 0 aromatic carbocycles. The van der Waals surface area contributed by atoms with Gasteiger partial charge in [-0.05, 0) is 44.9 Å². The number of carbonyl (C=O) groups excluding carboxylic acids is 1. The standard InChI is InChI=1S/C18H22N2O3S2/c1-12-4-5-18(19-9-12)24-10-17(21)16-8-13(2)20(14(16)3)15-6-7-25(22,23)11-15/h4-5,8-9,15H,6-7,10-11H2,1-3H3/t15-/m1/s1. The minimum Gasteiger partial charge on any atom is -0.344 e. The topological polar surface area (TPSA) is 69.0 Å². The molecule has 25 heavy (non-hydrogen) atoms. The highest BCUT2D eigenvalue weighted by Crippen LogP contribution is 2.30. The number of nitrogens with zero attached hydrogens (tertiary/aromatic N) is 2. The average Bonchev–Trinajstić information content (AvgIpc) is 3.05. The summed E-state index contributed by atoms with van der Waals surface area (Å²) < 4.78 is 25.6. The van der Waals surface area contributed by atoms with Gasteiger partial charge in [0.2, 0.25) is 0 Å². The number of thioether (sulfide) groups is 1. The van der Waals surface area contributed by atoms with Gasteiger partial charge in [0.25, 0.3) is 0 Å². The molecular weight excluding hydrogens is 356 g/mol. The SMILES string of the molecule is Cc1ccc(SCC(=O)c2cc(C)n([C@@H]3CCS(=O)(=O)C3)c2C)nc1. The zero-order chi connectivity index (χ0) is 18.2. The molecule has 0 radical (unpaired) electrons. The molecule has 1 atom stereocenters. The Morgan fingerprint density at radius 3 is 2.68 bits per heavy atom. The highest BCUT2D eigenvalue weighted by Gasteiger charge is 2.31. The second-order valence-corrected chi connectivity index (χ2v) is 9.82. The van der Waals surface area contributed by atoms with Crippen LogP contribution in [0.1, 0.15) is 39.8 Å². The lowest BCUT2D eigenvalue weighted by Gasteiger charge is -2.16. The summed E-state index contributed by atoms with van der Waals surface area (Å²) in [4.78, 5) is 16.9. The van der Waals surface area contributed by atoms with Crippen molar-refractivity contribution in [2.75, 3.05) is 17.3 Å². The van der Waals surface area contributed by atoms with E-state index in [4.69, 9.17) is 0 Å². The van der Waals surface area contributed by atoms with Crippen LogP contribution in [0.2, 0.25) is 0 Å². The Morgan fingerprint density at radius 2 is 2.08 bits per heavy atom. The molecule has 0 bridgehead atoms. The lowest BCUT2D eigenvalue weighted by atomic mass is 10.2. The quantitative estimate of drug-likeness (QED) is 0.590. The first-order valence-corrected chi connectivity index (χ1v) is 11.0. The molecule has 0 aliphatic carbocycles. The molecule has 0 amide bonds. The molecule has 1 fully saturated rings. The van der Waals surface area contributed by atoms with Gasteiger partial charge in [-0.3, -0.25) is 4.79 Å². The molecule has 1 saturated heterocycles. The molecular formula is C18H22N2O3S2. The lowest BCUT2D eigenvalue weighted by molar-refractivity contribution is 0.102. The maximum atomic E-state index is 12.6. The summed E-state index contributed by atoms with van der Waals surface area (Å²) in [6.07, 6.45) is 2.41. The van der Waals surface area contributed by atoms with Crippen molar-refractivity contribution in [3.05, 3.63) is 46.9 Å². The summed E-state index contributed by atoms with van der Waals surface area (Å²) >= 11 is 1.42. The van der Waals surface area contributed by atoms with Gasteiger partial charge in [0, 0.05) is 29.2 Å². The molecule has 0 unspecified atom stereocenters. The van der Waals surface area contributed by atoms with Crippen molar-refractivity contribution in [3.63, 3.8) is 0 Å². The van der Waals surface area contributed by atoms with E-state index in [1.165, 1.54) is 11.8 Å². The Kier molecular flexibility index (Phi) is 5.06. The van der Waals surface area contributed by atoms with Crippen LogP contribution in [-0.4, -0.2) is 41.0 Å². The fourth-order valence-electron chi connectivity index (χ4n) is 3.36. The van der Waals surface area contributed by atoms with Gasteiger partial charge in [0.05, 0.1) is 22.3 Å². The van der Waals surface area contributed by atoms with E-state index >= 15 is 0 Å². The Morgan fingerprint density at radius 1 is 1.32 bits per heavy atom. The maximum Gasteiger partial charge on any atom is 0.174 e. The Hall–Kier alpha value is -1.60. The van der Waals surface area contributed by atoms with Crippen molar-refractivity contribution in [2.45, 2.75) is 38.3 Å². The van der Waals surface area contributed by atoms with Gasteiger partial charge in [-0.1, -0.05) is 17.8 Å². The van der Waals surface area contributed by atoms with Crippen LogP contribution in [0.15, 0.2) is 29.4 Å². The zero-order valence-corrected chi connectivity index (χ0v) is 16.3. The predicted molar refractivity (Wildman–Crippen MR) is 100 cm³/mol. The molecule has 1 aliphatic rings. The number of ketones is 1. The van der Waals surface area contributed by atoms with Crippen molar-refractivity contribution in [2.24, 2.45) is 0 Å². The number of pyridine rings is 1. The molecule has 134 valence electrons. The van der Waals surface area contributed by atoms with Gasteiger partial charge in [-0.15, -0.1) is 0 Å². The average molecular weight is 379 g/mol. The van der Waals surface area contributed by atoms with Crippen LogP contribution in [0.5, 0.6) is 0 Å². The summed E-state index contributed by atoms with van der Waals surface area (Å²) in [5.41, 5.74) is 3.58. The number of aromatic nitrogens is 2. The van der Waals surface area contributed by atoms with E-state index in [9.17, 15) is 13.2 Å². The first-order chi connectivity index (χ1) is 11.8. The third kappa shape index (κ3) is 3.98. The number of hydrogen-bond acceptors (Lipinski definition) is 5. The van der Waals surface area contributed by atoms with E-state index in [2.05, 4.69) is 4.98 Å². The third-order valence-corrected chi connectivity index (χ3v) is 7.29.